The molecular weight excluding hydrogens is 440 g/mol. The van der Waals surface area contributed by atoms with Gasteiger partial charge in [0.15, 0.2) is 0 Å². The molecule has 1 aliphatic rings. The molecule has 3 rings (SSSR count). The SMILES string of the molecule is CCC.O=C(O)C(Cc1ccccc1)NS(=O)(=O)N1CCN(c2ccc(Cl)cn2)CC1. The van der Waals surface area contributed by atoms with E-state index in [-0.39, 0.29) is 19.5 Å². The van der Waals surface area contributed by atoms with Gasteiger partial charge in [-0.1, -0.05) is 62.2 Å². The molecule has 1 unspecified atom stereocenters. The van der Waals surface area contributed by atoms with E-state index in [2.05, 4.69) is 23.6 Å². The van der Waals surface area contributed by atoms with Crippen LogP contribution in [0, 0.1) is 0 Å². The Labute approximate surface area is 189 Å². The smallest absolute Gasteiger partial charge is 0.322 e. The number of carboxylic acid groups (broad SMARTS) is 1. The molecule has 1 aromatic heterocycles. The second-order valence-corrected chi connectivity index (χ2v) is 9.27. The zero-order chi connectivity index (χ0) is 22.9. The highest BCUT2D eigenvalue weighted by Gasteiger charge is 2.31. The highest BCUT2D eigenvalue weighted by Crippen LogP contribution is 2.17. The van der Waals surface area contributed by atoms with Crippen LogP contribution in [0.15, 0.2) is 48.7 Å². The number of aliphatic carboxylic acids is 1. The first-order valence-electron chi connectivity index (χ1n) is 10.2. The zero-order valence-corrected chi connectivity index (χ0v) is 19.3. The Balaban J connectivity index is 0.00000107. The molecule has 31 heavy (non-hydrogen) atoms. The van der Waals surface area contributed by atoms with Crippen molar-refractivity contribution in [2.24, 2.45) is 0 Å². The Morgan fingerprint density at radius 1 is 1.13 bits per heavy atom. The van der Waals surface area contributed by atoms with Crippen LogP contribution < -0.4 is 9.62 Å². The molecule has 2 heterocycles. The third-order valence-corrected chi connectivity index (χ3v) is 6.34. The summed E-state index contributed by atoms with van der Waals surface area (Å²) in [5, 5.41) is 9.97. The third-order valence-electron chi connectivity index (χ3n) is 4.49. The molecule has 1 aliphatic heterocycles. The van der Waals surface area contributed by atoms with Gasteiger partial charge < -0.3 is 10.0 Å². The number of hydrogen-bond acceptors (Lipinski definition) is 5. The van der Waals surface area contributed by atoms with E-state index >= 15 is 0 Å². The zero-order valence-electron chi connectivity index (χ0n) is 17.7. The summed E-state index contributed by atoms with van der Waals surface area (Å²) in [6, 6.07) is 11.2. The van der Waals surface area contributed by atoms with Gasteiger partial charge in [-0.25, -0.2) is 4.98 Å². The molecule has 10 heteroatoms. The predicted octanol–water partition coefficient (Wildman–Crippen LogP) is 2.80. The summed E-state index contributed by atoms with van der Waals surface area (Å²) in [5.41, 5.74) is 0.747. The molecule has 170 valence electrons. The number of nitrogens with zero attached hydrogens (tertiary/aromatic N) is 3. The van der Waals surface area contributed by atoms with E-state index in [1.807, 2.05) is 11.0 Å². The van der Waals surface area contributed by atoms with E-state index in [4.69, 9.17) is 11.6 Å². The van der Waals surface area contributed by atoms with Crippen molar-refractivity contribution in [3.8, 4) is 0 Å². The lowest BCUT2D eigenvalue weighted by Gasteiger charge is -2.35. The van der Waals surface area contributed by atoms with Crippen LogP contribution in [0.5, 0.6) is 0 Å². The standard InChI is InChI=1S/C18H21ClN4O4S.C3H8/c19-15-6-7-17(20-13-15)22-8-10-23(11-9-22)28(26,27)21-16(18(24)25)12-14-4-2-1-3-5-14;1-3-2/h1-7,13,16,21H,8-12H2,(H,24,25);3H2,1-2H3. The summed E-state index contributed by atoms with van der Waals surface area (Å²) in [6.45, 7) is 5.62. The maximum absolute atomic E-state index is 12.7. The fourth-order valence-corrected chi connectivity index (χ4v) is 4.44. The molecule has 0 amide bonds. The van der Waals surface area contributed by atoms with Crippen molar-refractivity contribution in [2.75, 3.05) is 31.1 Å². The molecule has 0 radical (unpaired) electrons. The highest BCUT2D eigenvalue weighted by atomic mass is 35.5. The van der Waals surface area contributed by atoms with Crippen molar-refractivity contribution in [2.45, 2.75) is 32.7 Å². The van der Waals surface area contributed by atoms with E-state index in [1.54, 1.807) is 42.6 Å². The first-order chi connectivity index (χ1) is 14.8. The normalized spacial score (nSPS) is 15.6. The average Bonchev–Trinajstić information content (AvgIpc) is 2.75. The van der Waals surface area contributed by atoms with Gasteiger partial charge in [-0.2, -0.15) is 17.4 Å². The Morgan fingerprint density at radius 2 is 1.74 bits per heavy atom. The van der Waals surface area contributed by atoms with Crippen LogP contribution in [0.3, 0.4) is 0 Å². The number of carboxylic acids is 1. The molecule has 1 aromatic carbocycles. The lowest BCUT2D eigenvalue weighted by Crippen LogP contribution is -2.55. The minimum absolute atomic E-state index is 0.0735. The van der Waals surface area contributed by atoms with Gasteiger partial charge in [0.25, 0.3) is 10.2 Å². The average molecular weight is 469 g/mol. The molecule has 1 atom stereocenters. The summed E-state index contributed by atoms with van der Waals surface area (Å²) >= 11 is 5.84. The molecule has 8 nitrogen and oxygen atoms in total. The number of benzene rings is 1. The van der Waals surface area contributed by atoms with Crippen molar-refractivity contribution < 1.29 is 18.3 Å². The van der Waals surface area contributed by atoms with E-state index in [1.165, 1.54) is 10.7 Å². The maximum Gasteiger partial charge on any atom is 0.322 e. The third kappa shape index (κ3) is 7.77. The van der Waals surface area contributed by atoms with Crippen LogP contribution in [-0.2, 0) is 21.4 Å². The number of halogens is 1. The second-order valence-electron chi connectivity index (χ2n) is 7.13. The van der Waals surface area contributed by atoms with Crippen LogP contribution in [-0.4, -0.2) is 61.0 Å². The van der Waals surface area contributed by atoms with E-state index < -0.39 is 22.2 Å². The monoisotopic (exact) mass is 468 g/mol. The fourth-order valence-electron chi connectivity index (χ4n) is 3.00. The second kappa shape index (κ2) is 12.0. The summed E-state index contributed by atoms with van der Waals surface area (Å²) < 4.78 is 28.9. The van der Waals surface area contributed by atoms with Crippen molar-refractivity contribution in [3.05, 3.63) is 59.2 Å². The van der Waals surface area contributed by atoms with E-state index in [9.17, 15) is 18.3 Å². The molecule has 2 aromatic rings. The Morgan fingerprint density at radius 3 is 2.26 bits per heavy atom. The van der Waals surface area contributed by atoms with Gasteiger partial charge >= 0.3 is 5.97 Å². The number of anilines is 1. The van der Waals surface area contributed by atoms with Crippen molar-refractivity contribution in [1.29, 1.82) is 0 Å². The fraction of sp³-hybridized carbons (Fsp3) is 0.429. The number of aromatic nitrogens is 1. The van der Waals surface area contributed by atoms with E-state index in [0.717, 1.165) is 11.4 Å². The Bertz CT molecular complexity index is 918. The van der Waals surface area contributed by atoms with Crippen LogP contribution in [0.2, 0.25) is 5.02 Å². The van der Waals surface area contributed by atoms with Gasteiger partial charge in [0, 0.05) is 32.4 Å². The van der Waals surface area contributed by atoms with Gasteiger partial charge in [-0.3, -0.25) is 4.79 Å². The van der Waals surface area contributed by atoms with Crippen molar-refractivity contribution in [1.82, 2.24) is 14.0 Å². The van der Waals surface area contributed by atoms with Gasteiger partial charge in [0.05, 0.1) is 5.02 Å². The van der Waals surface area contributed by atoms with Crippen molar-refractivity contribution >= 4 is 33.6 Å². The Kier molecular flexibility index (Phi) is 9.70. The molecule has 0 spiro atoms. The van der Waals surface area contributed by atoms with Crippen LogP contribution >= 0.6 is 11.6 Å². The molecule has 0 bridgehead atoms. The minimum atomic E-state index is -3.93. The summed E-state index contributed by atoms with van der Waals surface area (Å²) in [6.07, 6.45) is 2.87. The number of rotatable bonds is 7. The first-order valence-corrected chi connectivity index (χ1v) is 12.0. The maximum atomic E-state index is 12.7. The number of piperazine rings is 1. The molecular formula is C21H29ClN4O4S. The molecule has 1 fully saturated rings. The lowest BCUT2D eigenvalue weighted by atomic mass is 10.1. The van der Waals surface area contributed by atoms with Gasteiger partial charge in [0.1, 0.15) is 11.9 Å². The number of hydrogen-bond donors (Lipinski definition) is 2. The predicted molar refractivity (Wildman–Crippen MR) is 123 cm³/mol. The number of carbonyl (C=O) groups is 1. The summed E-state index contributed by atoms with van der Waals surface area (Å²) in [5.74, 6) is -0.488. The molecule has 1 saturated heterocycles. The molecule has 0 saturated carbocycles. The summed E-state index contributed by atoms with van der Waals surface area (Å²) in [7, 11) is -3.93. The van der Waals surface area contributed by atoms with Gasteiger partial charge in [-0.15, -0.1) is 0 Å². The summed E-state index contributed by atoms with van der Waals surface area (Å²) in [4.78, 5) is 17.8. The first kappa shape index (κ1) is 25.1. The molecule has 0 aliphatic carbocycles. The lowest BCUT2D eigenvalue weighted by molar-refractivity contribution is -0.138. The van der Waals surface area contributed by atoms with E-state index in [0.29, 0.717) is 18.1 Å². The highest BCUT2D eigenvalue weighted by molar-refractivity contribution is 7.87. The number of pyridine rings is 1. The Hall–Kier alpha value is -2.20. The van der Waals surface area contributed by atoms with Crippen LogP contribution in [0.25, 0.3) is 0 Å². The molecule has 2 N–H and O–H groups in total. The van der Waals surface area contributed by atoms with Crippen LogP contribution in [0.1, 0.15) is 25.8 Å². The topological polar surface area (TPSA) is 103 Å². The van der Waals surface area contributed by atoms with Gasteiger partial charge in [0.2, 0.25) is 0 Å². The minimum Gasteiger partial charge on any atom is -0.480 e. The number of nitrogens with one attached hydrogen (secondary N) is 1. The van der Waals surface area contributed by atoms with Gasteiger partial charge in [-0.05, 0) is 24.1 Å². The largest absolute Gasteiger partial charge is 0.480 e. The van der Waals surface area contributed by atoms with Crippen LogP contribution in [0.4, 0.5) is 5.82 Å². The van der Waals surface area contributed by atoms with Crippen molar-refractivity contribution in [3.63, 3.8) is 0 Å². The quantitative estimate of drug-likeness (QED) is 0.647.